The van der Waals surface area contributed by atoms with Crippen LogP contribution in [0.2, 0.25) is 0 Å². The average Bonchev–Trinajstić information content (AvgIpc) is 2.82. The van der Waals surface area contributed by atoms with Crippen LogP contribution in [-0.4, -0.2) is 17.4 Å². The molecule has 1 amide bonds. The van der Waals surface area contributed by atoms with Gasteiger partial charge in [-0.2, -0.15) is 0 Å². The topological polar surface area (TPSA) is 20.3 Å². The molecular weight excluding hydrogens is 366 g/mol. The van der Waals surface area contributed by atoms with Crippen LogP contribution in [0.3, 0.4) is 0 Å². The van der Waals surface area contributed by atoms with E-state index in [4.69, 9.17) is 0 Å². The number of amides is 1. The number of rotatable bonds is 1. The Hall–Kier alpha value is -3.39. The molecule has 0 fully saturated rings. The summed E-state index contributed by atoms with van der Waals surface area (Å²) >= 11 is 0. The summed E-state index contributed by atoms with van der Waals surface area (Å²) in [4.78, 5) is 15.1. The molecule has 2 nitrogen and oxygen atoms in total. The molecule has 0 spiro atoms. The van der Waals surface area contributed by atoms with Crippen molar-refractivity contribution in [2.45, 2.75) is 25.8 Å². The van der Waals surface area contributed by atoms with Crippen LogP contribution in [0.5, 0.6) is 0 Å². The van der Waals surface area contributed by atoms with Crippen LogP contribution in [0, 0.1) is 0 Å². The fraction of sp³-hybridized carbons (Fsp3) is 0.179. The van der Waals surface area contributed by atoms with Gasteiger partial charge in [-0.3, -0.25) is 4.79 Å². The molecule has 0 aromatic heterocycles. The van der Waals surface area contributed by atoms with Crippen molar-refractivity contribution in [1.82, 2.24) is 4.90 Å². The van der Waals surface area contributed by atoms with E-state index in [1.54, 1.807) is 0 Å². The third-order valence-electron chi connectivity index (χ3n) is 6.81. The van der Waals surface area contributed by atoms with Gasteiger partial charge in [0.15, 0.2) is 0 Å². The second-order valence-electron chi connectivity index (χ2n) is 8.46. The van der Waals surface area contributed by atoms with Crippen LogP contribution in [0.15, 0.2) is 78.9 Å². The van der Waals surface area contributed by atoms with Gasteiger partial charge in [0.1, 0.15) is 0 Å². The van der Waals surface area contributed by atoms with E-state index in [0.29, 0.717) is 0 Å². The van der Waals surface area contributed by atoms with Gasteiger partial charge >= 0.3 is 0 Å². The molecule has 0 bridgehead atoms. The van der Waals surface area contributed by atoms with Gasteiger partial charge in [-0.15, -0.1) is 0 Å². The predicted molar refractivity (Wildman–Crippen MR) is 121 cm³/mol. The minimum absolute atomic E-state index is 0.140. The Morgan fingerprint density at radius 3 is 2.27 bits per heavy atom. The molecule has 30 heavy (non-hydrogen) atoms. The van der Waals surface area contributed by atoms with Gasteiger partial charge in [-0.05, 0) is 75.5 Å². The number of benzene rings is 4. The van der Waals surface area contributed by atoms with E-state index in [1.807, 2.05) is 35.2 Å². The van der Waals surface area contributed by atoms with Crippen LogP contribution in [0.25, 0.3) is 10.8 Å². The Morgan fingerprint density at radius 1 is 0.667 bits per heavy atom. The first kappa shape index (κ1) is 17.5. The quantitative estimate of drug-likeness (QED) is 0.369. The van der Waals surface area contributed by atoms with Crippen LogP contribution < -0.4 is 0 Å². The molecule has 0 atom stereocenters. The maximum Gasteiger partial charge on any atom is 0.254 e. The lowest BCUT2D eigenvalue weighted by Crippen LogP contribution is -2.37. The maximum absolute atomic E-state index is 13.0. The first-order valence-electron chi connectivity index (χ1n) is 10.7. The van der Waals surface area contributed by atoms with Gasteiger partial charge in [0.25, 0.3) is 5.91 Å². The standard InChI is InChI=1S/C28H23NO/c30-28(21-7-2-1-3-8-21)29-15-14-20-11-13-23-16-25-22(17-26(23)27(20)18-29)12-10-19-6-4-5-9-24(19)25/h1-13H,14-18H2. The number of carbonyl (C=O) groups is 1. The van der Waals surface area contributed by atoms with Crippen molar-refractivity contribution in [3.8, 4) is 0 Å². The molecule has 146 valence electrons. The summed E-state index contributed by atoms with van der Waals surface area (Å²) in [5.74, 6) is 0.140. The number of hydrogen-bond acceptors (Lipinski definition) is 1. The fourth-order valence-corrected chi connectivity index (χ4v) is 5.21. The number of fused-ring (bicyclic) bond motifs is 6. The number of hydrogen-bond donors (Lipinski definition) is 0. The van der Waals surface area contributed by atoms with E-state index in [9.17, 15) is 4.79 Å². The molecule has 6 rings (SSSR count). The summed E-state index contributed by atoms with van der Waals surface area (Å²) in [7, 11) is 0. The van der Waals surface area contributed by atoms with Gasteiger partial charge in [-0.1, -0.05) is 66.7 Å². The molecule has 2 heteroatoms. The molecule has 2 aliphatic rings. The molecule has 0 saturated carbocycles. The van der Waals surface area contributed by atoms with Crippen molar-refractivity contribution < 1.29 is 4.79 Å². The van der Waals surface area contributed by atoms with Gasteiger partial charge < -0.3 is 4.90 Å². The molecular formula is C28H23NO. The van der Waals surface area contributed by atoms with Crippen LogP contribution in [0.4, 0.5) is 0 Å². The fourth-order valence-electron chi connectivity index (χ4n) is 5.21. The smallest absolute Gasteiger partial charge is 0.254 e. The van der Waals surface area contributed by atoms with Crippen molar-refractivity contribution in [2.24, 2.45) is 0 Å². The predicted octanol–water partition coefficient (Wildman–Crippen LogP) is 5.53. The highest BCUT2D eigenvalue weighted by molar-refractivity contribution is 5.94. The molecule has 4 aromatic rings. The summed E-state index contributed by atoms with van der Waals surface area (Å²) in [5, 5.41) is 2.69. The number of nitrogens with zero attached hydrogens (tertiary/aromatic N) is 1. The first-order valence-corrected chi connectivity index (χ1v) is 10.7. The zero-order chi connectivity index (χ0) is 20.1. The second kappa shape index (κ2) is 6.84. The van der Waals surface area contributed by atoms with Crippen LogP contribution in [0.1, 0.15) is 43.7 Å². The third kappa shape index (κ3) is 2.75. The Morgan fingerprint density at radius 2 is 1.37 bits per heavy atom. The van der Waals surface area contributed by atoms with E-state index in [2.05, 4.69) is 48.5 Å². The lowest BCUT2D eigenvalue weighted by molar-refractivity contribution is 0.0734. The summed E-state index contributed by atoms with van der Waals surface area (Å²) in [6, 6.07) is 27.5. The molecule has 0 unspecified atom stereocenters. The van der Waals surface area contributed by atoms with Gasteiger partial charge in [0.2, 0.25) is 0 Å². The van der Waals surface area contributed by atoms with Crippen LogP contribution >= 0.6 is 0 Å². The summed E-state index contributed by atoms with van der Waals surface area (Å²) in [6.07, 6.45) is 2.88. The van der Waals surface area contributed by atoms with Crippen molar-refractivity contribution in [1.29, 1.82) is 0 Å². The normalized spacial score (nSPS) is 14.7. The lowest BCUT2D eigenvalue weighted by atomic mass is 9.79. The van der Waals surface area contributed by atoms with E-state index in [1.165, 1.54) is 44.2 Å². The molecule has 1 heterocycles. The van der Waals surface area contributed by atoms with Crippen molar-refractivity contribution in [3.63, 3.8) is 0 Å². The zero-order valence-electron chi connectivity index (χ0n) is 16.9. The highest BCUT2D eigenvalue weighted by Crippen LogP contribution is 2.36. The summed E-state index contributed by atoms with van der Waals surface area (Å²) in [5.41, 5.74) is 9.33. The summed E-state index contributed by atoms with van der Waals surface area (Å²) in [6.45, 7) is 1.51. The Bertz CT molecular complexity index is 1290. The van der Waals surface area contributed by atoms with Crippen LogP contribution in [-0.2, 0) is 25.8 Å². The van der Waals surface area contributed by atoms with E-state index < -0.39 is 0 Å². The zero-order valence-corrected chi connectivity index (χ0v) is 16.9. The SMILES string of the molecule is O=C(c1ccccc1)N1CCc2ccc3c(c2C1)Cc1ccc2ccccc2c1C3. The highest BCUT2D eigenvalue weighted by Gasteiger charge is 2.27. The monoisotopic (exact) mass is 389 g/mol. The molecule has 4 aromatic carbocycles. The third-order valence-corrected chi connectivity index (χ3v) is 6.81. The van der Waals surface area contributed by atoms with Gasteiger partial charge in [0.05, 0.1) is 0 Å². The molecule has 1 aliphatic heterocycles. The second-order valence-corrected chi connectivity index (χ2v) is 8.46. The van der Waals surface area contributed by atoms with Crippen molar-refractivity contribution >= 4 is 16.7 Å². The number of carbonyl (C=O) groups excluding carboxylic acids is 1. The Balaban J connectivity index is 1.38. The maximum atomic E-state index is 13.0. The average molecular weight is 389 g/mol. The summed E-state index contributed by atoms with van der Waals surface area (Å²) < 4.78 is 0. The van der Waals surface area contributed by atoms with Gasteiger partial charge in [0, 0.05) is 18.7 Å². The molecule has 0 radical (unpaired) electrons. The largest absolute Gasteiger partial charge is 0.334 e. The molecule has 0 saturated heterocycles. The van der Waals surface area contributed by atoms with E-state index in [0.717, 1.165) is 37.9 Å². The molecule has 1 aliphatic carbocycles. The van der Waals surface area contributed by atoms with Crippen molar-refractivity contribution in [3.05, 3.63) is 118 Å². The lowest BCUT2D eigenvalue weighted by Gasteiger charge is -2.33. The van der Waals surface area contributed by atoms with E-state index >= 15 is 0 Å². The molecule has 0 N–H and O–H groups in total. The van der Waals surface area contributed by atoms with Gasteiger partial charge in [-0.25, -0.2) is 0 Å². The Labute approximate surface area is 176 Å². The minimum Gasteiger partial charge on any atom is -0.334 e. The minimum atomic E-state index is 0.140. The Kier molecular flexibility index (Phi) is 3.98. The highest BCUT2D eigenvalue weighted by atomic mass is 16.2. The first-order chi connectivity index (χ1) is 14.8. The van der Waals surface area contributed by atoms with E-state index in [-0.39, 0.29) is 5.91 Å². The van der Waals surface area contributed by atoms with Crippen molar-refractivity contribution in [2.75, 3.05) is 6.54 Å².